The number of benzene rings is 3. The molecule has 0 aliphatic carbocycles. The fraction of sp³-hybridized carbons (Fsp3) is 0.143. The molecule has 0 aliphatic heterocycles. The van der Waals surface area contributed by atoms with Crippen molar-refractivity contribution >= 4 is 29.3 Å². The molecule has 3 aromatic carbocycles. The lowest BCUT2D eigenvalue weighted by atomic mass is 10.1. The van der Waals surface area contributed by atoms with Gasteiger partial charge >= 0.3 is 0 Å². The molecule has 44 heavy (non-hydrogen) atoms. The normalized spacial score (nSPS) is 11.0. The third kappa shape index (κ3) is 6.59. The van der Waals surface area contributed by atoms with Crippen molar-refractivity contribution in [1.29, 1.82) is 0 Å². The Labute approximate surface area is 249 Å². The number of carbonyl (C=O) groups is 1. The summed E-state index contributed by atoms with van der Waals surface area (Å²) < 4.78 is 17.2. The molecule has 16 nitrogen and oxygen atoms in total. The summed E-state index contributed by atoms with van der Waals surface area (Å²) in [4.78, 5) is 23.8. The molecule has 5 aromatic rings. The van der Waals surface area contributed by atoms with E-state index in [2.05, 4.69) is 41.1 Å². The molecule has 0 spiro atoms. The Morgan fingerprint density at radius 1 is 1.16 bits per heavy atom. The van der Waals surface area contributed by atoms with Gasteiger partial charge in [0.25, 0.3) is 11.6 Å². The zero-order chi connectivity index (χ0) is 31.1. The minimum absolute atomic E-state index is 0.0107. The highest BCUT2D eigenvalue weighted by Crippen LogP contribution is 2.26. The second-order valence-electron chi connectivity index (χ2n) is 9.25. The summed E-state index contributed by atoms with van der Waals surface area (Å²) in [6.07, 6.45) is 1.45. The quantitative estimate of drug-likeness (QED) is 0.107. The van der Waals surface area contributed by atoms with Crippen LogP contribution in [0.5, 0.6) is 11.5 Å². The van der Waals surface area contributed by atoms with Gasteiger partial charge in [-0.1, -0.05) is 23.4 Å². The van der Waals surface area contributed by atoms with E-state index in [0.29, 0.717) is 33.9 Å². The van der Waals surface area contributed by atoms with Gasteiger partial charge in [0, 0.05) is 22.9 Å². The summed E-state index contributed by atoms with van der Waals surface area (Å²) in [6, 6.07) is 19.1. The summed E-state index contributed by atoms with van der Waals surface area (Å²) in [6.45, 7) is 1.91. The molecule has 0 radical (unpaired) electrons. The highest BCUT2D eigenvalue weighted by atomic mass is 16.6. The second-order valence-corrected chi connectivity index (χ2v) is 9.25. The molecule has 2 heterocycles. The number of ether oxygens (including phenoxy) is 2. The summed E-state index contributed by atoms with van der Waals surface area (Å²) in [7, 11) is 1.53. The van der Waals surface area contributed by atoms with Gasteiger partial charge in [0.15, 0.2) is 5.69 Å². The van der Waals surface area contributed by atoms with Crippen LogP contribution in [0.15, 0.2) is 76.5 Å². The predicted molar refractivity (Wildman–Crippen MR) is 158 cm³/mol. The van der Waals surface area contributed by atoms with Crippen molar-refractivity contribution in [1.82, 2.24) is 30.7 Å². The average Bonchev–Trinajstić information content (AvgIpc) is 3.64. The van der Waals surface area contributed by atoms with Crippen LogP contribution in [0.2, 0.25) is 0 Å². The van der Waals surface area contributed by atoms with E-state index in [-0.39, 0.29) is 36.2 Å². The van der Waals surface area contributed by atoms with Gasteiger partial charge in [0.1, 0.15) is 18.1 Å². The van der Waals surface area contributed by atoms with Crippen LogP contribution in [-0.2, 0) is 13.2 Å². The topological polar surface area (TPSA) is 211 Å². The molecule has 5 rings (SSSR count). The van der Waals surface area contributed by atoms with E-state index < -0.39 is 10.8 Å². The first-order valence-electron chi connectivity index (χ1n) is 13.0. The van der Waals surface area contributed by atoms with Gasteiger partial charge in [-0.05, 0) is 65.3 Å². The molecular formula is C28H26N10O6. The molecule has 0 aliphatic rings. The van der Waals surface area contributed by atoms with Gasteiger partial charge < -0.3 is 20.5 Å². The molecule has 0 saturated carbocycles. The number of nitrogens with two attached hydrogens (primary N) is 1. The molecule has 0 fully saturated rings. The van der Waals surface area contributed by atoms with Gasteiger partial charge in [-0.3, -0.25) is 14.9 Å². The first kappa shape index (κ1) is 29.2. The Kier molecular flexibility index (Phi) is 8.70. The summed E-state index contributed by atoms with van der Waals surface area (Å²) in [5, 5.41) is 33.7. The summed E-state index contributed by atoms with van der Waals surface area (Å²) in [5.41, 5.74) is 11.3. The van der Waals surface area contributed by atoms with E-state index in [4.69, 9.17) is 15.2 Å². The Morgan fingerprint density at radius 3 is 2.68 bits per heavy atom. The van der Waals surface area contributed by atoms with Crippen molar-refractivity contribution in [3.05, 3.63) is 105 Å². The maximum absolute atomic E-state index is 13.1. The molecule has 0 saturated heterocycles. The van der Waals surface area contributed by atoms with E-state index in [1.807, 2.05) is 30.3 Å². The number of aryl methyl sites for hydroxylation is 1. The molecule has 4 N–H and O–H groups in total. The van der Waals surface area contributed by atoms with E-state index in [0.717, 1.165) is 5.69 Å². The number of aromatic nitrogens is 5. The Balaban J connectivity index is 1.30. The molecule has 224 valence electrons. The van der Waals surface area contributed by atoms with E-state index in [1.165, 1.54) is 30.1 Å². The van der Waals surface area contributed by atoms with Crippen molar-refractivity contribution < 1.29 is 23.8 Å². The number of hydrogen-bond donors (Lipinski definition) is 3. The number of nitro groups is 1. The molecule has 1 amide bonds. The molecule has 0 bridgehead atoms. The molecule has 0 atom stereocenters. The lowest BCUT2D eigenvalue weighted by Gasteiger charge is -2.11. The number of nitrogens with one attached hydrogen (secondary N) is 2. The second kappa shape index (κ2) is 13.1. The third-order valence-corrected chi connectivity index (χ3v) is 6.35. The van der Waals surface area contributed by atoms with Crippen molar-refractivity contribution in [2.24, 2.45) is 5.10 Å². The van der Waals surface area contributed by atoms with Crippen LogP contribution in [0.4, 0.5) is 17.2 Å². The number of anilines is 2. The first-order chi connectivity index (χ1) is 21.3. The number of nitrogens with zero attached hydrogens (tertiary/aromatic N) is 7. The fourth-order valence-corrected chi connectivity index (χ4v) is 4.18. The number of carbonyl (C=O) groups excluding carboxylic acids is 1. The van der Waals surface area contributed by atoms with Crippen molar-refractivity contribution in [2.45, 2.75) is 20.1 Å². The molecule has 0 unspecified atom stereocenters. The average molecular weight is 599 g/mol. The van der Waals surface area contributed by atoms with Crippen molar-refractivity contribution in [3.63, 3.8) is 0 Å². The van der Waals surface area contributed by atoms with Gasteiger partial charge in [0.05, 0.1) is 30.5 Å². The fourth-order valence-electron chi connectivity index (χ4n) is 4.18. The Hall–Kier alpha value is -6.32. The van der Waals surface area contributed by atoms with E-state index in [9.17, 15) is 14.9 Å². The number of nitrogen functional groups attached to an aromatic ring is 1. The minimum Gasteiger partial charge on any atom is -0.496 e. The zero-order valence-corrected chi connectivity index (χ0v) is 23.5. The van der Waals surface area contributed by atoms with Crippen molar-refractivity contribution in [3.8, 4) is 17.3 Å². The lowest BCUT2D eigenvalue weighted by Crippen LogP contribution is -2.21. The number of hydrogen-bond acceptors (Lipinski definition) is 13. The predicted octanol–water partition coefficient (Wildman–Crippen LogP) is 3.41. The van der Waals surface area contributed by atoms with E-state index >= 15 is 0 Å². The highest BCUT2D eigenvalue weighted by Gasteiger charge is 2.24. The standard InChI is InChI=1S/C28H26N10O6/c1-17-12-21(9-10-22(17)38(40)41)43-16-19-13-18(8-11-24(19)42-2)14-31-33-28(39)25-23(15-30-20-6-4-3-5-7-20)37(36-32-25)27-26(29)34-44-35-27/h3-14,30H,15-16H2,1-2H3,(H2,29,34)(H,33,39)/b31-14+. The van der Waals surface area contributed by atoms with E-state index in [1.54, 1.807) is 31.2 Å². The van der Waals surface area contributed by atoms with Gasteiger partial charge in [0.2, 0.25) is 11.6 Å². The van der Waals surface area contributed by atoms with Crippen LogP contribution in [0.25, 0.3) is 5.82 Å². The van der Waals surface area contributed by atoms with Crippen LogP contribution >= 0.6 is 0 Å². The number of methoxy groups -OCH3 is 1. The van der Waals surface area contributed by atoms with Crippen LogP contribution < -0.4 is 25.9 Å². The van der Waals surface area contributed by atoms with Crippen LogP contribution in [0, 0.1) is 17.0 Å². The summed E-state index contributed by atoms with van der Waals surface area (Å²) >= 11 is 0. The first-order valence-corrected chi connectivity index (χ1v) is 13.0. The lowest BCUT2D eigenvalue weighted by molar-refractivity contribution is -0.385. The van der Waals surface area contributed by atoms with Gasteiger partial charge in [-0.2, -0.15) is 9.78 Å². The van der Waals surface area contributed by atoms with Crippen LogP contribution in [-0.4, -0.2) is 49.5 Å². The number of rotatable bonds is 12. The smallest absolute Gasteiger partial charge is 0.293 e. The van der Waals surface area contributed by atoms with Crippen LogP contribution in [0.3, 0.4) is 0 Å². The Morgan fingerprint density at radius 2 is 1.98 bits per heavy atom. The molecule has 2 aromatic heterocycles. The number of para-hydroxylation sites is 1. The highest BCUT2D eigenvalue weighted by molar-refractivity contribution is 5.94. The van der Waals surface area contributed by atoms with Crippen LogP contribution in [0.1, 0.15) is 32.9 Å². The number of nitro benzene ring substituents is 1. The van der Waals surface area contributed by atoms with Gasteiger partial charge in [-0.25, -0.2) is 10.1 Å². The maximum Gasteiger partial charge on any atom is 0.293 e. The van der Waals surface area contributed by atoms with Crippen molar-refractivity contribution in [2.75, 3.05) is 18.2 Å². The summed E-state index contributed by atoms with van der Waals surface area (Å²) in [5.74, 6) is 0.470. The zero-order valence-electron chi connectivity index (χ0n) is 23.5. The number of hydrazone groups is 1. The third-order valence-electron chi connectivity index (χ3n) is 6.35. The molecule has 16 heteroatoms. The molecular weight excluding hydrogens is 572 g/mol. The monoisotopic (exact) mass is 598 g/mol. The SMILES string of the molecule is COc1ccc(/C=N/NC(=O)c2nnn(-c3nonc3N)c2CNc2ccccc2)cc1COc1ccc([N+](=O)[O-])c(C)c1. The van der Waals surface area contributed by atoms with Gasteiger partial charge in [-0.15, -0.1) is 5.10 Å². The number of amides is 1. The Bertz CT molecular complexity index is 1820. The minimum atomic E-state index is -0.627. The maximum atomic E-state index is 13.1. The largest absolute Gasteiger partial charge is 0.496 e.